The van der Waals surface area contributed by atoms with E-state index in [-0.39, 0.29) is 25.3 Å². The normalized spacial score (nSPS) is 13.9. The molecule has 2 aromatic carbocycles. The van der Waals surface area contributed by atoms with Crippen LogP contribution in [0.15, 0.2) is 54.6 Å². The second-order valence-corrected chi connectivity index (χ2v) is 8.91. The Hall–Kier alpha value is -3.35. The number of hydrogen-bond donors (Lipinski definition) is 1. The number of anilines is 1. The van der Waals surface area contributed by atoms with E-state index in [1.165, 1.54) is 4.90 Å². The van der Waals surface area contributed by atoms with Crippen molar-refractivity contribution in [2.75, 3.05) is 11.4 Å². The number of para-hydroxylation sites is 1. The highest BCUT2D eigenvalue weighted by Crippen LogP contribution is 2.30. The highest BCUT2D eigenvalue weighted by Gasteiger charge is 2.37. The molecule has 1 aliphatic rings. The summed E-state index contributed by atoms with van der Waals surface area (Å²) in [4.78, 5) is 41.3. The van der Waals surface area contributed by atoms with Gasteiger partial charge in [0.2, 0.25) is 5.91 Å². The fourth-order valence-corrected chi connectivity index (χ4v) is 3.82. The van der Waals surface area contributed by atoms with Gasteiger partial charge in [0.1, 0.15) is 11.6 Å². The molecule has 1 heterocycles. The minimum Gasteiger partial charge on any atom is -0.481 e. The Bertz CT molecular complexity index is 968. The van der Waals surface area contributed by atoms with Crippen molar-refractivity contribution >= 4 is 23.7 Å². The van der Waals surface area contributed by atoms with Crippen LogP contribution in [0.5, 0.6) is 0 Å². The standard InChI is InChI=1S/C25H30N2O5/c1-25(2,3)32-24(31)27(17-18-9-5-4-6-10-18)21(13-14-22(28)29)23(30)26-16-15-19-11-7-8-12-20(19)26/h4-12,21H,13-17H2,1-3H3,(H,28,29). The lowest BCUT2D eigenvalue weighted by Crippen LogP contribution is -2.51. The number of carbonyl (C=O) groups is 3. The minimum atomic E-state index is -1.02. The third kappa shape index (κ3) is 5.87. The van der Waals surface area contributed by atoms with Crippen molar-refractivity contribution in [3.63, 3.8) is 0 Å². The summed E-state index contributed by atoms with van der Waals surface area (Å²) in [6, 6.07) is 16.0. The third-order valence-electron chi connectivity index (χ3n) is 5.27. The average Bonchev–Trinajstić information content (AvgIpc) is 3.16. The summed E-state index contributed by atoms with van der Waals surface area (Å²) in [6.45, 7) is 5.92. The van der Waals surface area contributed by atoms with Crippen LogP contribution in [0.2, 0.25) is 0 Å². The molecule has 7 heteroatoms. The number of hydrogen-bond acceptors (Lipinski definition) is 4. The molecule has 3 rings (SSSR count). The lowest BCUT2D eigenvalue weighted by molar-refractivity contribution is -0.137. The molecule has 170 valence electrons. The van der Waals surface area contributed by atoms with E-state index in [1.54, 1.807) is 25.7 Å². The number of fused-ring (bicyclic) bond motifs is 1. The number of carboxylic acid groups (broad SMARTS) is 1. The van der Waals surface area contributed by atoms with Crippen molar-refractivity contribution in [1.29, 1.82) is 0 Å². The monoisotopic (exact) mass is 438 g/mol. The lowest BCUT2D eigenvalue weighted by atomic mass is 10.1. The zero-order valence-corrected chi connectivity index (χ0v) is 18.8. The van der Waals surface area contributed by atoms with Gasteiger partial charge in [-0.1, -0.05) is 48.5 Å². The van der Waals surface area contributed by atoms with Gasteiger partial charge in [-0.2, -0.15) is 0 Å². The first kappa shape index (κ1) is 23.3. The molecule has 0 fully saturated rings. The smallest absolute Gasteiger partial charge is 0.411 e. The van der Waals surface area contributed by atoms with Crippen LogP contribution in [0.3, 0.4) is 0 Å². The molecule has 0 saturated carbocycles. The summed E-state index contributed by atoms with van der Waals surface area (Å²) in [5.41, 5.74) is 1.94. The molecule has 2 amide bonds. The summed E-state index contributed by atoms with van der Waals surface area (Å²) in [6.07, 6.45) is -0.157. The zero-order chi connectivity index (χ0) is 23.3. The number of amides is 2. The van der Waals surface area contributed by atoms with Gasteiger partial charge in [0.15, 0.2) is 0 Å². The molecule has 0 aliphatic carbocycles. The Morgan fingerprint density at radius 1 is 1.06 bits per heavy atom. The Balaban J connectivity index is 1.96. The summed E-state index contributed by atoms with van der Waals surface area (Å²) >= 11 is 0. The molecule has 0 radical (unpaired) electrons. The van der Waals surface area contributed by atoms with Crippen LogP contribution in [0.4, 0.5) is 10.5 Å². The van der Waals surface area contributed by atoms with E-state index in [9.17, 15) is 19.5 Å². The first-order valence-corrected chi connectivity index (χ1v) is 10.8. The molecule has 32 heavy (non-hydrogen) atoms. The molecular weight excluding hydrogens is 408 g/mol. The van der Waals surface area contributed by atoms with Gasteiger partial charge in [0, 0.05) is 25.2 Å². The molecule has 1 unspecified atom stereocenters. The quantitative estimate of drug-likeness (QED) is 0.698. The van der Waals surface area contributed by atoms with Crippen LogP contribution in [0, 0.1) is 0 Å². The second kappa shape index (κ2) is 9.85. The van der Waals surface area contributed by atoms with Crippen molar-refractivity contribution in [1.82, 2.24) is 4.90 Å². The Labute approximate surface area is 188 Å². The minimum absolute atomic E-state index is 0.00108. The Morgan fingerprint density at radius 3 is 2.38 bits per heavy atom. The lowest BCUT2D eigenvalue weighted by Gasteiger charge is -2.35. The van der Waals surface area contributed by atoms with E-state index >= 15 is 0 Å². The third-order valence-corrected chi connectivity index (χ3v) is 5.27. The van der Waals surface area contributed by atoms with Crippen LogP contribution >= 0.6 is 0 Å². The molecule has 1 N–H and O–H groups in total. The highest BCUT2D eigenvalue weighted by atomic mass is 16.6. The van der Waals surface area contributed by atoms with Gasteiger partial charge in [-0.3, -0.25) is 14.5 Å². The van der Waals surface area contributed by atoms with Crippen molar-refractivity contribution < 1.29 is 24.2 Å². The van der Waals surface area contributed by atoms with Crippen molar-refractivity contribution in [3.8, 4) is 0 Å². The van der Waals surface area contributed by atoms with Gasteiger partial charge in [-0.25, -0.2) is 4.79 Å². The first-order chi connectivity index (χ1) is 15.2. The maximum absolute atomic E-state index is 13.7. The fourth-order valence-electron chi connectivity index (χ4n) is 3.82. The number of nitrogens with zero attached hydrogens (tertiary/aromatic N) is 2. The molecule has 7 nitrogen and oxygen atoms in total. The molecule has 0 bridgehead atoms. The van der Waals surface area contributed by atoms with Gasteiger partial charge in [0.05, 0.1) is 0 Å². The van der Waals surface area contributed by atoms with Crippen molar-refractivity contribution in [2.45, 2.75) is 58.2 Å². The molecule has 0 saturated heterocycles. The number of carbonyl (C=O) groups excluding carboxylic acids is 2. The predicted molar refractivity (Wildman–Crippen MR) is 121 cm³/mol. The average molecular weight is 439 g/mol. The summed E-state index contributed by atoms with van der Waals surface area (Å²) in [5, 5.41) is 9.30. The van der Waals surface area contributed by atoms with Crippen molar-refractivity contribution in [2.24, 2.45) is 0 Å². The van der Waals surface area contributed by atoms with E-state index in [1.807, 2.05) is 54.6 Å². The second-order valence-electron chi connectivity index (χ2n) is 8.91. The Kier molecular flexibility index (Phi) is 7.18. The van der Waals surface area contributed by atoms with Gasteiger partial charge in [-0.15, -0.1) is 0 Å². The van der Waals surface area contributed by atoms with Crippen LogP contribution < -0.4 is 4.90 Å². The SMILES string of the molecule is CC(C)(C)OC(=O)N(Cc1ccccc1)C(CCC(=O)O)C(=O)N1CCc2ccccc21. The van der Waals surface area contributed by atoms with Crippen LogP contribution in [0.25, 0.3) is 0 Å². The fraction of sp³-hybridized carbons (Fsp3) is 0.400. The Morgan fingerprint density at radius 2 is 1.72 bits per heavy atom. The van der Waals surface area contributed by atoms with Crippen molar-refractivity contribution in [3.05, 3.63) is 65.7 Å². The van der Waals surface area contributed by atoms with Gasteiger partial charge >= 0.3 is 12.1 Å². The topological polar surface area (TPSA) is 87.1 Å². The van der Waals surface area contributed by atoms with Gasteiger partial charge < -0.3 is 14.7 Å². The summed E-state index contributed by atoms with van der Waals surface area (Å²) in [7, 11) is 0. The number of ether oxygens (including phenoxy) is 1. The number of carboxylic acids is 1. The van der Waals surface area contributed by atoms with E-state index in [2.05, 4.69) is 0 Å². The number of aliphatic carboxylic acids is 1. The zero-order valence-electron chi connectivity index (χ0n) is 18.8. The molecule has 1 aliphatic heterocycles. The van der Waals surface area contributed by atoms with E-state index in [4.69, 9.17) is 4.74 Å². The van der Waals surface area contributed by atoms with E-state index < -0.39 is 23.7 Å². The first-order valence-electron chi connectivity index (χ1n) is 10.8. The summed E-state index contributed by atoms with van der Waals surface area (Å²) in [5.74, 6) is -1.31. The van der Waals surface area contributed by atoms with Crippen LogP contribution in [-0.2, 0) is 27.3 Å². The number of benzene rings is 2. The molecule has 2 aromatic rings. The van der Waals surface area contributed by atoms with E-state index in [0.29, 0.717) is 6.54 Å². The summed E-state index contributed by atoms with van der Waals surface area (Å²) < 4.78 is 5.61. The molecule has 1 atom stereocenters. The maximum Gasteiger partial charge on any atom is 0.411 e. The number of rotatable bonds is 7. The highest BCUT2D eigenvalue weighted by molar-refractivity contribution is 6.00. The van der Waals surface area contributed by atoms with Crippen LogP contribution in [-0.4, -0.2) is 46.2 Å². The molecule has 0 spiro atoms. The van der Waals surface area contributed by atoms with Gasteiger partial charge in [-0.05, 0) is 50.8 Å². The maximum atomic E-state index is 13.7. The largest absolute Gasteiger partial charge is 0.481 e. The van der Waals surface area contributed by atoms with Gasteiger partial charge in [0.25, 0.3) is 0 Å². The molecular formula is C25H30N2O5. The molecule has 0 aromatic heterocycles. The van der Waals surface area contributed by atoms with Crippen LogP contribution in [0.1, 0.15) is 44.7 Å². The predicted octanol–water partition coefficient (Wildman–Crippen LogP) is 4.25. The van der Waals surface area contributed by atoms with E-state index in [0.717, 1.165) is 23.2 Å².